The van der Waals surface area contributed by atoms with Crippen LogP contribution in [0, 0.1) is 5.92 Å². The molecule has 0 spiro atoms. The number of rotatable bonds is 5. The van der Waals surface area contributed by atoms with Gasteiger partial charge in [-0.1, -0.05) is 32.0 Å². The summed E-state index contributed by atoms with van der Waals surface area (Å²) in [7, 11) is 0. The van der Waals surface area contributed by atoms with Gasteiger partial charge in [-0.15, -0.1) is 11.3 Å². The van der Waals surface area contributed by atoms with E-state index in [4.69, 9.17) is 5.73 Å². The highest BCUT2D eigenvalue weighted by Crippen LogP contribution is 2.26. The molecule has 96 valence electrons. The Hall–Kier alpha value is -1.19. The predicted molar refractivity (Wildman–Crippen MR) is 78.0 cm³/mol. The van der Waals surface area contributed by atoms with Gasteiger partial charge >= 0.3 is 0 Å². The second-order valence-corrected chi connectivity index (χ2v) is 6.00. The number of benzene rings is 1. The van der Waals surface area contributed by atoms with Crippen molar-refractivity contribution >= 4 is 27.2 Å². The molecule has 0 radical (unpaired) electrons. The van der Waals surface area contributed by atoms with E-state index in [2.05, 4.69) is 31.4 Å². The summed E-state index contributed by atoms with van der Waals surface area (Å²) < 4.78 is 1.24. The van der Waals surface area contributed by atoms with Crippen LogP contribution in [0.5, 0.6) is 0 Å². The number of carbonyl (C=O) groups excluding carboxylic acids is 1. The lowest BCUT2D eigenvalue weighted by molar-refractivity contribution is -0.118. The van der Waals surface area contributed by atoms with Gasteiger partial charge in [-0.3, -0.25) is 4.79 Å². The summed E-state index contributed by atoms with van der Waals surface area (Å²) in [4.78, 5) is 12.0. The summed E-state index contributed by atoms with van der Waals surface area (Å²) in [6.07, 6.45) is 0.978. The van der Waals surface area contributed by atoms with Crippen molar-refractivity contribution in [2.45, 2.75) is 32.7 Å². The van der Waals surface area contributed by atoms with Crippen LogP contribution in [0.4, 0.5) is 0 Å². The van der Waals surface area contributed by atoms with Gasteiger partial charge in [0.1, 0.15) is 5.78 Å². The van der Waals surface area contributed by atoms with Crippen molar-refractivity contribution in [3.8, 4) is 0 Å². The third-order valence-corrected chi connectivity index (χ3v) is 4.28. The molecule has 0 fully saturated rings. The molecule has 2 nitrogen and oxygen atoms in total. The third-order valence-electron chi connectivity index (χ3n) is 3.27. The smallest absolute Gasteiger partial charge is 0.138 e. The molecule has 0 aliphatic rings. The summed E-state index contributed by atoms with van der Waals surface area (Å²) in [5.74, 6) is 0.591. The zero-order valence-electron chi connectivity index (χ0n) is 10.8. The number of fused-ring (bicyclic) bond motifs is 1. The first-order valence-electron chi connectivity index (χ1n) is 6.30. The molecular weight excluding hydrogens is 242 g/mol. The number of ketones is 1. The fourth-order valence-electron chi connectivity index (χ4n) is 1.95. The molecule has 1 aromatic carbocycles. The summed E-state index contributed by atoms with van der Waals surface area (Å²) in [5, 5.41) is 3.29. The molecule has 3 heteroatoms. The van der Waals surface area contributed by atoms with E-state index < -0.39 is 0 Å². The highest BCUT2D eigenvalue weighted by atomic mass is 32.1. The van der Waals surface area contributed by atoms with Crippen LogP contribution in [0.3, 0.4) is 0 Å². The molecular formula is C15H19NOS. The first-order valence-corrected chi connectivity index (χ1v) is 7.18. The highest BCUT2D eigenvalue weighted by molar-refractivity contribution is 7.17. The fourth-order valence-corrected chi connectivity index (χ4v) is 2.92. The maximum absolute atomic E-state index is 12.0. The zero-order valence-corrected chi connectivity index (χ0v) is 11.7. The molecule has 1 heterocycles. The van der Waals surface area contributed by atoms with E-state index in [-0.39, 0.29) is 11.8 Å². The van der Waals surface area contributed by atoms with E-state index in [1.165, 1.54) is 10.1 Å². The summed E-state index contributed by atoms with van der Waals surface area (Å²) in [6, 6.07) is 8.19. The van der Waals surface area contributed by atoms with E-state index >= 15 is 0 Å². The Morgan fingerprint density at radius 3 is 2.78 bits per heavy atom. The quantitative estimate of drug-likeness (QED) is 0.896. The van der Waals surface area contributed by atoms with Gasteiger partial charge in [-0.25, -0.2) is 0 Å². The summed E-state index contributed by atoms with van der Waals surface area (Å²) in [5.41, 5.74) is 7.08. The van der Waals surface area contributed by atoms with E-state index in [0.29, 0.717) is 18.8 Å². The lowest BCUT2D eigenvalue weighted by Gasteiger charge is -2.14. The number of carbonyl (C=O) groups is 1. The van der Waals surface area contributed by atoms with Crippen LogP contribution >= 0.6 is 11.3 Å². The number of thiophene rings is 1. The Morgan fingerprint density at radius 2 is 2.06 bits per heavy atom. The lowest BCUT2D eigenvalue weighted by atomic mass is 9.97. The standard InChI is InChI=1S/C15H19NOS/c1-10(2)14(16)8-12(17)7-11-9-18-15-6-4-3-5-13(11)15/h3-6,9-10,14H,7-8,16H2,1-2H3. The minimum Gasteiger partial charge on any atom is -0.327 e. The van der Waals surface area contributed by atoms with E-state index in [1.807, 2.05) is 12.1 Å². The number of Topliss-reactive ketones (excluding diaryl/α,β-unsaturated/α-hetero) is 1. The van der Waals surface area contributed by atoms with Crippen LogP contribution in [-0.2, 0) is 11.2 Å². The molecule has 1 atom stereocenters. The first kappa shape index (κ1) is 13.2. The van der Waals surface area contributed by atoms with Crippen LogP contribution in [0.1, 0.15) is 25.8 Å². The van der Waals surface area contributed by atoms with Crippen LogP contribution in [0.2, 0.25) is 0 Å². The van der Waals surface area contributed by atoms with Gasteiger partial charge in [0, 0.05) is 23.6 Å². The van der Waals surface area contributed by atoms with Crippen molar-refractivity contribution in [3.63, 3.8) is 0 Å². The average molecular weight is 261 g/mol. The maximum atomic E-state index is 12.0. The number of hydrogen-bond acceptors (Lipinski definition) is 3. The van der Waals surface area contributed by atoms with Crippen molar-refractivity contribution in [1.82, 2.24) is 0 Å². The Labute approximate surface area is 112 Å². The lowest BCUT2D eigenvalue weighted by Crippen LogP contribution is -2.29. The molecule has 2 aromatic rings. The Bertz CT molecular complexity index is 544. The topological polar surface area (TPSA) is 43.1 Å². The fraction of sp³-hybridized carbons (Fsp3) is 0.400. The highest BCUT2D eigenvalue weighted by Gasteiger charge is 2.14. The molecule has 2 N–H and O–H groups in total. The van der Waals surface area contributed by atoms with Crippen LogP contribution < -0.4 is 5.73 Å². The third kappa shape index (κ3) is 2.98. The SMILES string of the molecule is CC(C)C(N)CC(=O)Cc1csc2ccccc12. The first-order chi connectivity index (χ1) is 8.58. The second kappa shape index (κ2) is 5.63. The van der Waals surface area contributed by atoms with E-state index in [0.717, 1.165) is 5.56 Å². The van der Waals surface area contributed by atoms with E-state index in [1.54, 1.807) is 11.3 Å². The predicted octanol–water partition coefficient (Wildman–Crippen LogP) is 3.39. The van der Waals surface area contributed by atoms with Gasteiger partial charge in [0.05, 0.1) is 0 Å². The Morgan fingerprint density at radius 1 is 1.33 bits per heavy atom. The maximum Gasteiger partial charge on any atom is 0.138 e. The molecule has 1 unspecified atom stereocenters. The minimum atomic E-state index is -0.0256. The average Bonchev–Trinajstić information content (AvgIpc) is 2.72. The monoisotopic (exact) mass is 261 g/mol. The molecule has 2 rings (SSSR count). The van der Waals surface area contributed by atoms with E-state index in [9.17, 15) is 4.79 Å². The van der Waals surface area contributed by atoms with Crippen molar-refractivity contribution in [2.24, 2.45) is 11.7 Å². The molecule has 0 saturated heterocycles. The van der Waals surface area contributed by atoms with Crippen LogP contribution in [0.25, 0.3) is 10.1 Å². The largest absolute Gasteiger partial charge is 0.327 e. The van der Waals surface area contributed by atoms with Crippen LogP contribution in [-0.4, -0.2) is 11.8 Å². The molecule has 0 aliphatic heterocycles. The molecule has 0 amide bonds. The molecule has 1 aromatic heterocycles. The zero-order chi connectivity index (χ0) is 13.1. The van der Waals surface area contributed by atoms with Gasteiger partial charge in [0.2, 0.25) is 0 Å². The van der Waals surface area contributed by atoms with Gasteiger partial charge in [-0.05, 0) is 28.3 Å². The van der Waals surface area contributed by atoms with Gasteiger partial charge in [0.25, 0.3) is 0 Å². The van der Waals surface area contributed by atoms with Crippen molar-refractivity contribution in [1.29, 1.82) is 0 Å². The summed E-state index contributed by atoms with van der Waals surface area (Å²) in [6.45, 7) is 4.11. The molecule has 0 bridgehead atoms. The Balaban J connectivity index is 2.07. The van der Waals surface area contributed by atoms with Gasteiger partial charge < -0.3 is 5.73 Å². The molecule has 18 heavy (non-hydrogen) atoms. The van der Waals surface area contributed by atoms with Crippen molar-refractivity contribution < 1.29 is 4.79 Å². The Kier molecular flexibility index (Phi) is 4.15. The van der Waals surface area contributed by atoms with Crippen molar-refractivity contribution in [2.75, 3.05) is 0 Å². The molecule has 0 aliphatic carbocycles. The molecule has 0 saturated carbocycles. The summed E-state index contributed by atoms with van der Waals surface area (Å²) >= 11 is 1.70. The van der Waals surface area contributed by atoms with Gasteiger partial charge in [0.15, 0.2) is 0 Å². The van der Waals surface area contributed by atoms with Crippen LogP contribution in [0.15, 0.2) is 29.6 Å². The normalized spacial score (nSPS) is 13.1. The number of hydrogen-bond donors (Lipinski definition) is 1. The van der Waals surface area contributed by atoms with Crippen molar-refractivity contribution in [3.05, 3.63) is 35.2 Å². The minimum absolute atomic E-state index is 0.0256. The second-order valence-electron chi connectivity index (χ2n) is 5.08. The number of nitrogens with two attached hydrogens (primary N) is 1. The van der Waals surface area contributed by atoms with Gasteiger partial charge in [-0.2, -0.15) is 0 Å².